The number of rotatable bonds is 3. The van der Waals surface area contributed by atoms with Gasteiger partial charge < -0.3 is 0 Å². The summed E-state index contributed by atoms with van der Waals surface area (Å²) in [6, 6.07) is 0.321. The number of hydrogen-bond acceptors (Lipinski definition) is 2. The second-order valence-corrected chi connectivity index (χ2v) is 8.16. The zero-order valence-electron chi connectivity index (χ0n) is 4.56. The average Bonchev–Trinajstić information content (AvgIpc) is 1.67. The molecule has 0 aromatic carbocycles. The summed E-state index contributed by atoms with van der Waals surface area (Å²) in [5.74, 6) is 0. The Labute approximate surface area is 63.4 Å². The normalized spacial score (nSPS) is 7.75. The summed E-state index contributed by atoms with van der Waals surface area (Å²) in [5.41, 5.74) is 0. The van der Waals surface area contributed by atoms with Gasteiger partial charge in [-0.15, -0.1) is 0 Å². The zero-order chi connectivity index (χ0) is 6.57. The molecule has 0 aliphatic carbocycles. The van der Waals surface area contributed by atoms with Crippen LogP contribution in [0.1, 0.15) is 6.92 Å². The second-order valence-electron chi connectivity index (χ2n) is 1.43. The molecule has 3 nitrogen and oxygen atoms in total. The maximum atomic E-state index is 9.83. The molecule has 0 N–H and O–H groups in total. The van der Waals surface area contributed by atoms with Crippen LogP contribution in [0.2, 0.25) is 3.93 Å². The van der Waals surface area contributed by atoms with Crippen LogP contribution in [-0.2, 0) is 23.3 Å². The Kier molecular flexibility index (Phi) is 4.65. The molecule has 0 amide bonds. The Hall–Kier alpha value is 0.495. The van der Waals surface area contributed by atoms with Crippen molar-refractivity contribution in [3.05, 3.63) is 16.2 Å². The van der Waals surface area contributed by atoms with Crippen LogP contribution in [-0.4, -0.2) is 4.92 Å². The molecule has 0 aromatic rings. The van der Waals surface area contributed by atoms with E-state index in [4.69, 9.17) is 8.25 Å². The summed E-state index contributed by atoms with van der Waals surface area (Å²) in [6.45, 7) is 1.52. The van der Waals surface area contributed by atoms with Crippen molar-refractivity contribution in [1.82, 2.24) is 0 Å². The third kappa shape index (κ3) is 3.49. The topological polar surface area (TPSA) is 43.1 Å². The third-order valence-electron chi connectivity index (χ3n) is 0.768. The van der Waals surface area contributed by atoms with E-state index in [1.807, 2.05) is 0 Å². The summed E-state index contributed by atoms with van der Waals surface area (Å²) >= 11 is -1.29. The first-order valence-electron chi connectivity index (χ1n) is 2.21. The van der Waals surface area contributed by atoms with E-state index in [-0.39, 0.29) is 4.92 Å². The Morgan fingerprint density at radius 2 is 2.50 bits per heavy atom. The van der Waals surface area contributed by atoms with Gasteiger partial charge >= 0.3 is 63.5 Å². The zero-order valence-corrected chi connectivity index (χ0v) is 10.8. The molecule has 0 bridgehead atoms. The second kappa shape index (κ2) is 4.38. The van der Waals surface area contributed by atoms with Crippen LogP contribution in [0.15, 0.2) is 0 Å². The van der Waals surface area contributed by atoms with Gasteiger partial charge in [-0.05, 0) is 0 Å². The van der Waals surface area contributed by atoms with Gasteiger partial charge in [0.1, 0.15) is 0 Å². The first-order valence-corrected chi connectivity index (χ1v) is 12.9. The first-order chi connectivity index (χ1) is 3.68. The predicted octanol–water partition coefficient (Wildman–Crippen LogP) is 1.47. The summed E-state index contributed by atoms with van der Waals surface area (Å²) in [7, 11) is 5.44. The number of nitro groups is 1. The van der Waals surface area contributed by atoms with E-state index in [0.717, 1.165) is 0 Å². The minimum atomic E-state index is -1.29. The molecule has 5 heteroatoms. The van der Waals surface area contributed by atoms with Crippen molar-refractivity contribution in [1.29, 1.82) is 0 Å². The molecule has 0 fully saturated rings. The summed E-state index contributed by atoms with van der Waals surface area (Å²) in [5, 5.41) is 9.83. The van der Waals surface area contributed by atoms with Gasteiger partial charge in [-0.3, -0.25) is 0 Å². The van der Waals surface area contributed by atoms with Crippen molar-refractivity contribution in [3.63, 3.8) is 0 Å². The Balaban J connectivity index is 3.32. The van der Waals surface area contributed by atoms with E-state index < -0.39 is 23.3 Å². The van der Waals surface area contributed by atoms with Crippen LogP contribution >= 0.6 is 8.25 Å². The molecule has 0 heterocycles. The Morgan fingerprint density at radius 3 is 2.62 bits per heavy atom. The van der Waals surface area contributed by atoms with Crippen molar-refractivity contribution in [2.75, 3.05) is 0 Å². The van der Waals surface area contributed by atoms with E-state index in [9.17, 15) is 10.1 Å². The SMILES string of the molecule is C[C-]([CH2][Hg][Cl])[N+](=O)[O-]. The average molecular weight is 323 g/mol. The van der Waals surface area contributed by atoms with Gasteiger partial charge in [-0.1, -0.05) is 0 Å². The number of nitrogens with zero attached hydrogens (tertiary/aromatic N) is 1. The number of halogens is 1. The monoisotopic (exact) mass is 324 g/mol. The summed E-state index contributed by atoms with van der Waals surface area (Å²) in [4.78, 5) is 9.48. The summed E-state index contributed by atoms with van der Waals surface area (Å²) < 4.78 is 0.592. The Morgan fingerprint density at radius 1 is 2.00 bits per heavy atom. The molecule has 8 heavy (non-hydrogen) atoms. The molecule has 0 atom stereocenters. The molecule has 44 valence electrons. The van der Waals surface area contributed by atoms with Gasteiger partial charge in [-0.25, -0.2) is 0 Å². The first kappa shape index (κ1) is 8.50. The number of hydrogen-bond donors (Lipinski definition) is 0. The van der Waals surface area contributed by atoms with Crippen LogP contribution < -0.4 is 0 Å². The standard InChI is InChI=1S/C3H5NO2.ClH.Hg/c1-3(2)4(5)6;;/h1H2,2H3;1H;/q-1;;+1/p-1. The molecule has 0 rings (SSSR count). The third-order valence-corrected chi connectivity index (χ3v) is 5.97. The van der Waals surface area contributed by atoms with Crippen molar-refractivity contribution in [2.45, 2.75) is 10.9 Å². The molecule has 0 aliphatic heterocycles. The van der Waals surface area contributed by atoms with Gasteiger partial charge in [0.05, 0.1) is 0 Å². The molecular formula is C3H5ClHgNO2-. The van der Waals surface area contributed by atoms with Crippen molar-refractivity contribution in [2.24, 2.45) is 0 Å². The predicted molar refractivity (Wildman–Crippen MR) is 26.6 cm³/mol. The molecule has 0 aromatic heterocycles. The fraction of sp³-hybridized carbons (Fsp3) is 0.667. The van der Waals surface area contributed by atoms with Crippen LogP contribution in [0.4, 0.5) is 0 Å². The van der Waals surface area contributed by atoms with Gasteiger partial charge in [0, 0.05) is 0 Å². The Bertz CT molecular complexity index is 89.4. The fourth-order valence-electron chi connectivity index (χ4n) is 0.228. The van der Waals surface area contributed by atoms with Gasteiger partial charge in [0.25, 0.3) is 0 Å². The molecule has 0 aliphatic rings. The van der Waals surface area contributed by atoms with E-state index >= 15 is 0 Å². The van der Waals surface area contributed by atoms with Crippen molar-refractivity contribution < 1.29 is 28.3 Å². The van der Waals surface area contributed by atoms with E-state index in [1.165, 1.54) is 6.92 Å². The molecule has 0 radical (unpaired) electrons. The molecule has 0 saturated carbocycles. The van der Waals surface area contributed by atoms with Crippen LogP contribution in [0.25, 0.3) is 0 Å². The van der Waals surface area contributed by atoms with Crippen molar-refractivity contribution in [3.8, 4) is 0 Å². The summed E-state index contributed by atoms with van der Waals surface area (Å²) in [6.07, 6.45) is 0. The van der Waals surface area contributed by atoms with E-state index in [2.05, 4.69) is 0 Å². The van der Waals surface area contributed by atoms with E-state index in [0.29, 0.717) is 9.97 Å². The van der Waals surface area contributed by atoms with Gasteiger partial charge in [0.2, 0.25) is 0 Å². The van der Waals surface area contributed by atoms with E-state index in [1.54, 1.807) is 0 Å². The minimum absolute atomic E-state index is 0.321. The molecule has 0 unspecified atom stereocenters. The molecule has 0 spiro atoms. The van der Waals surface area contributed by atoms with Crippen LogP contribution in [0.5, 0.6) is 0 Å². The molecule has 0 saturated heterocycles. The van der Waals surface area contributed by atoms with Crippen molar-refractivity contribution >= 4 is 8.25 Å². The molecular weight excluding hydrogens is 318 g/mol. The van der Waals surface area contributed by atoms with Crippen LogP contribution in [0, 0.1) is 16.2 Å². The fourth-order valence-corrected chi connectivity index (χ4v) is 4.40. The van der Waals surface area contributed by atoms with Gasteiger partial charge in [0.15, 0.2) is 0 Å². The van der Waals surface area contributed by atoms with Gasteiger partial charge in [-0.2, -0.15) is 0 Å². The maximum absolute atomic E-state index is 9.83. The van der Waals surface area contributed by atoms with Crippen LogP contribution in [0.3, 0.4) is 0 Å². The quantitative estimate of drug-likeness (QED) is 0.342.